The van der Waals surface area contributed by atoms with E-state index in [-0.39, 0.29) is 44.6 Å². The van der Waals surface area contributed by atoms with Crippen molar-refractivity contribution in [2.24, 2.45) is 11.5 Å². The number of guanidine groups is 1. The van der Waals surface area contributed by atoms with E-state index < -0.39 is 90.1 Å². The number of benzene rings is 2. The predicted octanol–water partition coefficient (Wildman–Crippen LogP) is -1.08. The number of amides is 8. The molecular formula is C45H62N14O8. The number of aromatic nitrogens is 3. The fourth-order valence-corrected chi connectivity index (χ4v) is 7.10. The third kappa shape index (κ3) is 17.3. The average Bonchev–Trinajstić information content (AvgIpc) is 3.97. The van der Waals surface area contributed by atoms with Gasteiger partial charge in [0.2, 0.25) is 47.3 Å². The van der Waals surface area contributed by atoms with Gasteiger partial charge >= 0.3 is 0 Å². The first-order valence-electron chi connectivity index (χ1n) is 22.0. The van der Waals surface area contributed by atoms with Gasteiger partial charge in [-0.2, -0.15) is 0 Å². The highest BCUT2D eigenvalue weighted by atomic mass is 16.2. The molecular weight excluding hydrogens is 865 g/mol. The average molecular weight is 927 g/mol. The lowest BCUT2D eigenvalue weighted by Crippen LogP contribution is -2.59. The topological polar surface area (TPSA) is 353 Å². The van der Waals surface area contributed by atoms with Crippen LogP contribution in [-0.4, -0.2) is 118 Å². The Morgan fingerprint density at radius 1 is 0.672 bits per heavy atom. The molecule has 8 amide bonds. The molecule has 0 spiro atoms. The normalized spacial score (nSPS) is 13.6. The summed E-state index contributed by atoms with van der Waals surface area (Å²) in [5.41, 5.74) is 13.7. The third-order valence-electron chi connectivity index (χ3n) is 10.6. The lowest BCUT2D eigenvalue weighted by molar-refractivity contribution is -0.135. The van der Waals surface area contributed by atoms with Crippen molar-refractivity contribution in [3.05, 3.63) is 90.1 Å². The van der Waals surface area contributed by atoms with E-state index in [1.165, 1.54) is 26.4 Å². The minimum absolute atomic E-state index is 0.00648. The number of carbonyl (C=O) groups excluding carboxylic acids is 8. The fraction of sp³-hybridized carbons (Fsp3) is 0.422. The van der Waals surface area contributed by atoms with E-state index in [0.29, 0.717) is 24.1 Å². The van der Waals surface area contributed by atoms with Crippen LogP contribution in [0.2, 0.25) is 0 Å². The van der Waals surface area contributed by atoms with Crippen LogP contribution >= 0.6 is 0 Å². The molecule has 0 radical (unpaired) electrons. The molecule has 0 unspecified atom stereocenters. The summed E-state index contributed by atoms with van der Waals surface area (Å²) in [7, 11) is 0. The third-order valence-corrected chi connectivity index (χ3v) is 10.6. The molecule has 22 heteroatoms. The van der Waals surface area contributed by atoms with Gasteiger partial charge in [-0.15, -0.1) is 0 Å². The Morgan fingerprint density at radius 2 is 1.30 bits per heavy atom. The number of rotatable bonds is 27. The van der Waals surface area contributed by atoms with Gasteiger partial charge in [0.15, 0.2) is 5.96 Å². The number of primary amides is 1. The van der Waals surface area contributed by atoms with Crippen molar-refractivity contribution in [2.75, 3.05) is 13.1 Å². The van der Waals surface area contributed by atoms with Gasteiger partial charge in [0, 0.05) is 56.0 Å². The summed E-state index contributed by atoms with van der Waals surface area (Å²) in [6.45, 7) is 4.25. The standard InChI is InChI=1S/C45H62N14O8/c1-4-5-15-33(55-27(3)60)41(64)52-24-38(61)56-37(21-30-23-49-25-53-30)44(67)59-36(19-28-12-7-6-8-13-28)43(66)57-34(17-11-18-50-45(47)48)42(65)54-26(2)40(63)58-35(39(46)62)20-29-22-51-32-16-10-9-14-31(29)32/h6-10,12-14,16,22-23,25-26,33-37,51H,4-5,11,15,17-21,24H2,1-3H3,(H2,46,62)(H,49,53)(H,52,64)(H,54,65)(H,55,60)(H,56,61)(H,57,66)(H,58,63)(H,59,67)(H4,47,48,50)/t26-,33-,34-,35-,36-,37-/m0/s1. The number of nitrogens with two attached hydrogens (primary N) is 2. The Bertz CT molecular complexity index is 2320. The summed E-state index contributed by atoms with van der Waals surface area (Å²) in [5.74, 6) is -5.88. The monoisotopic (exact) mass is 926 g/mol. The van der Waals surface area contributed by atoms with Gasteiger partial charge < -0.3 is 64.0 Å². The first-order chi connectivity index (χ1) is 32.0. The summed E-state index contributed by atoms with van der Waals surface area (Å²) in [4.78, 5) is 116. The second-order valence-electron chi connectivity index (χ2n) is 16.1. The molecule has 0 fully saturated rings. The molecule has 0 bridgehead atoms. The lowest BCUT2D eigenvalue weighted by Gasteiger charge is -2.26. The smallest absolute Gasteiger partial charge is 0.243 e. The van der Waals surface area contributed by atoms with Crippen LogP contribution in [0.15, 0.2) is 73.3 Å². The SMILES string of the molecule is CCCC[C@H](NC(C)=O)C(=O)NCC(=O)N[C@@H](Cc1c[nH]cn1)C(=O)N[C@@H](Cc1ccccc1)C(=O)N[C@@H](CCCNC(=N)N)C(=O)N[C@@H](C)C(=O)N[C@@H](Cc1c[nH]c2ccccc12)C(N)=O. The summed E-state index contributed by atoms with van der Waals surface area (Å²) in [6.07, 6.45) is 6.54. The molecule has 0 saturated heterocycles. The summed E-state index contributed by atoms with van der Waals surface area (Å²) < 4.78 is 0. The largest absolute Gasteiger partial charge is 0.370 e. The number of nitrogens with one attached hydrogen (secondary N) is 11. The van der Waals surface area contributed by atoms with Gasteiger partial charge in [0.1, 0.15) is 36.3 Å². The summed E-state index contributed by atoms with van der Waals surface area (Å²) in [5, 5.41) is 29.3. The van der Waals surface area contributed by atoms with Crippen LogP contribution in [0.4, 0.5) is 0 Å². The highest BCUT2D eigenvalue weighted by Gasteiger charge is 2.32. The van der Waals surface area contributed by atoms with Crippen LogP contribution in [0, 0.1) is 5.41 Å². The summed E-state index contributed by atoms with van der Waals surface area (Å²) in [6, 6.07) is 9.05. The number of unbranched alkanes of at least 4 members (excludes halogenated alkanes) is 1. The van der Waals surface area contributed by atoms with E-state index in [4.69, 9.17) is 16.9 Å². The zero-order valence-corrected chi connectivity index (χ0v) is 37.8. The number of aromatic amines is 2. The van der Waals surface area contributed by atoms with Crippen LogP contribution in [0.25, 0.3) is 10.9 Å². The number of carbonyl (C=O) groups is 8. The van der Waals surface area contributed by atoms with Crippen molar-refractivity contribution in [1.29, 1.82) is 5.41 Å². The number of fused-ring (bicyclic) bond motifs is 1. The molecule has 0 aliphatic carbocycles. The van der Waals surface area contributed by atoms with E-state index >= 15 is 0 Å². The minimum Gasteiger partial charge on any atom is -0.370 e. The van der Waals surface area contributed by atoms with Crippen molar-refractivity contribution >= 4 is 64.1 Å². The van der Waals surface area contributed by atoms with E-state index in [1.54, 1.807) is 36.5 Å². The minimum atomic E-state index is -1.32. The number of nitrogens with zero attached hydrogens (tertiary/aromatic N) is 1. The van der Waals surface area contributed by atoms with E-state index in [2.05, 4.69) is 57.5 Å². The van der Waals surface area contributed by atoms with Gasteiger partial charge in [0.25, 0.3) is 0 Å². The zero-order chi connectivity index (χ0) is 48.9. The molecule has 360 valence electrons. The number of hydrogen-bond acceptors (Lipinski definition) is 10. The van der Waals surface area contributed by atoms with E-state index in [0.717, 1.165) is 22.9 Å². The predicted molar refractivity (Wildman–Crippen MR) is 248 cm³/mol. The lowest BCUT2D eigenvalue weighted by atomic mass is 10.0. The van der Waals surface area contributed by atoms with Gasteiger partial charge in [0.05, 0.1) is 18.6 Å². The second-order valence-corrected chi connectivity index (χ2v) is 16.1. The van der Waals surface area contributed by atoms with Crippen LogP contribution in [0.5, 0.6) is 0 Å². The van der Waals surface area contributed by atoms with Crippen LogP contribution < -0.4 is 54.0 Å². The number of hydrogen-bond donors (Lipinski definition) is 13. The molecule has 4 rings (SSSR count). The number of H-pyrrole nitrogens is 2. The Kier molecular flexibility index (Phi) is 20.3. The first kappa shape index (κ1) is 51.9. The Labute approximate surface area is 387 Å². The maximum absolute atomic E-state index is 14.3. The van der Waals surface area contributed by atoms with Crippen molar-refractivity contribution in [3.63, 3.8) is 0 Å². The van der Waals surface area contributed by atoms with Gasteiger partial charge in [-0.25, -0.2) is 4.98 Å². The fourth-order valence-electron chi connectivity index (χ4n) is 7.10. The summed E-state index contributed by atoms with van der Waals surface area (Å²) >= 11 is 0. The zero-order valence-electron chi connectivity index (χ0n) is 37.8. The maximum atomic E-state index is 14.3. The quantitative estimate of drug-likeness (QED) is 0.0194. The van der Waals surface area contributed by atoms with Crippen LogP contribution in [-0.2, 0) is 57.6 Å². The number of para-hydroxylation sites is 1. The molecule has 2 aromatic carbocycles. The van der Waals surface area contributed by atoms with Crippen LogP contribution in [0.1, 0.15) is 69.7 Å². The van der Waals surface area contributed by atoms with Crippen molar-refractivity contribution in [3.8, 4) is 0 Å². The molecule has 0 aliphatic heterocycles. The highest BCUT2D eigenvalue weighted by molar-refractivity contribution is 5.97. The first-order valence-corrected chi connectivity index (χ1v) is 22.0. The van der Waals surface area contributed by atoms with Crippen molar-refractivity contribution < 1.29 is 38.4 Å². The molecule has 0 saturated carbocycles. The molecule has 67 heavy (non-hydrogen) atoms. The highest BCUT2D eigenvalue weighted by Crippen LogP contribution is 2.19. The molecule has 2 aromatic heterocycles. The van der Waals surface area contributed by atoms with Gasteiger partial charge in [-0.3, -0.25) is 43.8 Å². The van der Waals surface area contributed by atoms with E-state index in [9.17, 15) is 38.4 Å². The maximum Gasteiger partial charge on any atom is 0.243 e. The molecule has 22 nitrogen and oxygen atoms in total. The van der Waals surface area contributed by atoms with Crippen molar-refractivity contribution in [2.45, 2.75) is 108 Å². The van der Waals surface area contributed by atoms with Crippen LogP contribution in [0.3, 0.4) is 0 Å². The molecule has 0 aliphatic rings. The molecule has 15 N–H and O–H groups in total. The van der Waals surface area contributed by atoms with Crippen molar-refractivity contribution in [1.82, 2.24) is 57.5 Å². The van der Waals surface area contributed by atoms with Gasteiger partial charge in [-0.1, -0.05) is 68.3 Å². The second kappa shape index (κ2) is 26.2. The molecule has 2 heterocycles. The molecule has 4 aromatic rings. The van der Waals surface area contributed by atoms with Gasteiger partial charge in [-0.05, 0) is 43.4 Å². The van der Waals surface area contributed by atoms with E-state index in [1.807, 2.05) is 31.2 Å². The number of imidazole rings is 1. The Balaban J connectivity index is 1.50. The Morgan fingerprint density at radius 3 is 1.96 bits per heavy atom. The molecule has 6 atom stereocenters. The Hall–Kier alpha value is -7.78.